The lowest BCUT2D eigenvalue weighted by atomic mass is 10.2. The number of nitriles is 1. The van der Waals surface area contributed by atoms with Gasteiger partial charge in [0.1, 0.15) is 11.1 Å². The van der Waals surface area contributed by atoms with E-state index in [-0.39, 0.29) is 6.04 Å². The molecule has 0 fully saturated rings. The molecule has 0 spiro atoms. The fourth-order valence-electron chi connectivity index (χ4n) is 1.71. The van der Waals surface area contributed by atoms with E-state index in [1.54, 1.807) is 29.5 Å². The number of aryl methyl sites for hydroxylation is 1. The quantitative estimate of drug-likeness (QED) is 0.908. The number of halogens is 1. The minimum Gasteiger partial charge on any atom is -0.375 e. The summed E-state index contributed by atoms with van der Waals surface area (Å²) in [6.07, 6.45) is 2.90. The van der Waals surface area contributed by atoms with E-state index >= 15 is 0 Å². The van der Waals surface area contributed by atoms with E-state index in [1.807, 2.05) is 13.1 Å². The summed E-state index contributed by atoms with van der Waals surface area (Å²) in [5.41, 5.74) is 1.33. The Bertz CT molecular complexity index is 615. The predicted molar refractivity (Wildman–Crippen MR) is 79.7 cm³/mol. The van der Waals surface area contributed by atoms with E-state index < -0.39 is 0 Å². The SMILES string of the molecule is CCc1cnc(C(C)Nc2cc(Cl)ccc2C#N)s1. The topological polar surface area (TPSA) is 48.7 Å². The Morgan fingerprint density at radius 3 is 2.95 bits per heavy atom. The van der Waals surface area contributed by atoms with Gasteiger partial charge < -0.3 is 5.32 Å². The molecule has 0 bridgehead atoms. The highest BCUT2D eigenvalue weighted by molar-refractivity contribution is 7.11. The molecule has 19 heavy (non-hydrogen) atoms. The first kappa shape index (κ1) is 13.9. The minimum absolute atomic E-state index is 0.0517. The van der Waals surface area contributed by atoms with Gasteiger partial charge in [-0.1, -0.05) is 18.5 Å². The molecular weight excluding hydrogens is 278 g/mol. The van der Waals surface area contributed by atoms with Gasteiger partial charge in [-0.05, 0) is 31.5 Å². The Morgan fingerprint density at radius 2 is 2.32 bits per heavy atom. The van der Waals surface area contributed by atoms with Crippen LogP contribution in [0.3, 0.4) is 0 Å². The number of nitrogens with zero attached hydrogens (tertiary/aromatic N) is 2. The summed E-state index contributed by atoms with van der Waals surface area (Å²) in [6, 6.07) is 7.41. The lowest BCUT2D eigenvalue weighted by molar-refractivity contribution is 0.869. The smallest absolute Gasteiger partial charge is 0.115 e. The van der Waals surface area contributed by atoms with Gasteiger partial charge in [0.05, 0.1) is 17.3 Å². The average Bonchev–Trinajstić information content (AvgIpc) is 2.88. The van der Waals surface area contributed by atoms with Crippen LogP contribution in [0.4, 0.5) is 5.69 Å². The van der Waals surface area contributed by atoms with Gasteiger partial charge in [0.15, 0.2) is 0 Å². The lowest BCUT2D eigenvalue weighted by Gasteiger charge is -2.14. The van der Waals surface area contributed by atoms with Crippen LogP contribution in [0.15, 0.2) is 24.4 Å². The standard InChI is InChI=1S/C14H14ClN3S/c1-3-12-8-17-14(19-12)9(2)18-13-6-11(15)5-4-10(13)7-16/h4-6,8-9,18H,3H2,1-2H3. The fourth-order valence-corrected chi connectivity index (χ4v) is 2.75. The molecule has 1 aromatic carbocycles. The van der Waals surface area contributed by atoms with Crippen molar-refractivity contribution in [1.29, 1.82) is 5.26 Å². The van der Waals surface area contributed by atoms with Crippen molar-refractivity contribution in [3.63, 3.8) is 0 Å². The van der Waals surface area contributed by atoms with Gasteiger partial charge in [0.25, 0.3) is 0 Å². The number of aromatic nitrogens is 1. The first-order chi connectivity index (χ1) is 9.13. The molecule has 0 aliphatic rings. The number of anilines is 1. The number of hydrogen-bond donors (Lipinski definition) is 1. The molecule has 5 heteroatoms. The van der Waals surface area contributed by atoms with Crippen LogP contribution < -0.4 is 5.32 Å². The third-order valence-corrected chi connectivity index (χ3v) is 4.32. The highest BCUT2D eigenvalue weighted by Crippen LogP contribution is 2.27. The van der Waals surface area contributed by atoms with E-state index in [0.29, 0.717) is 10.6 Å². The molecular formula is C14H14ClN3S. The van der Waals surface area contributed by atoms with Gasteiger partial charge >= 0.3 is 0 Å². The van der Waals surface area contributed by atoms with Gasteiger partial charge in [-0.2, -0.15) is 5.26 Å². The van der Waals surface area contributed by atoms with Crippen molar-refractivity contribution in [2.75, 3.05) is 5.32 Å². The van der Waals surface area contributed by atoms with E-state index in [0.717, 1.165) is 17.1 Å². The van der Waals surface area contributed by atoms with E-state index in [9.17, 15) is 0 Å². The first-order valence-corrected chi connectivity index (χ1v) is 7.24. The zero-order valence-electron chi connectivity index (χ0n) is 10.8. The van der Waals surface area contributed by atoms with Crippen LogP contribution in [0.1, 0.15) is 35.3 Å². The zero-order chi connectivity index (χ0) is 13.8. The highest BCUT2D eigenvalue weighted by Gasteiger charge is 2.12. The summed E-state index contributed by atoms with van der Waals surface area (Å²) in [6.45, 7) is 4.14. The van der Waals surface area contributed by atoms with Crippen LogP contribution >= 0.6 is 22.9 Å². The minimum atomic E-state index is 0.0517. The maximum Gasteiger partial charge on any atom is 0.115 e. The number of thiazole rings is 1. The van der Waals surface area contributed by atoms with Crippen LogP contribution in [0.2, 0.25) is 5.02 Å². The van der Waals surface area contributed by atoms with E-state index in [4.69, 9.17) is 16.9 Å². The molecule has 0 aliphatic heterocycles. The first-order valence-electron chi connectivity index (χ1n) is 6.04. The second-order valence-corrected chi connectivity index (χ2v) is 5.77. The molecule has 0 saturated carbocycles. The molecule has 1 heterocycles. The summed E-state index contributed by atoms with van der Waals surface area (Å²) in [4.78, 5) is 5.66. The van der Waals surface area contributed by atoms with Crippen molar-refractivity contribution < 1.29 is 0 Å². The Kier molecular flexibility index (Phi) is 4.41. The Balaban J connectivity index is 2.21. The van der Waals surface area contributed by atoms with Crippen molar-refractivity contribution in [3.05, 3.63) is 44.9 Å². The molecule has 2 aromatic rings. The maximum atomic E-state index is 9.09. The van der Waals surface area contributed by atoms with Gasteiger partial charge in [-0.3, -0.25) is 0 Å². The fraction of sp³-hybridized carbons (Fsp3) is 0.286. The van der Waals surface area contributed by atoms with Crippen molar-refractivity contribution in [3.8, 4) is 6.07 Å². The number of rotatable bonds is 4. The molecule has 2 rings (SSSR count). The van der Waals surface area contributed by atoms with Crippen LogP contribution in [-0.4, -0.2) is 4.98 Å². The van der Waals surface area contributed by atoms with Crippen molar-refractivity contribution in [2.45, 2.75) is 26.3 Å². The molecule has 0 aliphatic carbocycles. The van der Waals surface area contributed by atoms with Crippen molar-refractivity contribution in [1.82, 2.24) is 4.98 Å². The maximum absolute atomic E-state index is 9.09. The summed E-state index contributed by atoms with van der Waals surface area (Å²) in [5.74, 6) is 0. The second kappa shape index (κ2) is 6.05. The predicted octanol–water partition coefficient (Wildman–Crippen LogP) is 4.40. The largest absolute Gasteiger partial charge is 0.375 e. The molecule has 1 unspecified atom stereocenters. The Labute approximate surface area is 121 Å². The highest BCUT2D eigenvalue weighted by atomic mass is 35.5. The molecule has 0 saturated heterocycles. The van der Waals surface area contributed by atoms with E-state index in [2.05, 4.69) is 23.3 Å². The summed E-state index contributed by atoms with van der Waals surface area (Å²) >= 11 is 7.66. The third-order valence-electron chi connectivity index (χ3n) is 2.76. The van der Waals surface area contributed by atoms with Crippen molar-refractivity contribution >= 4 is 28.6 Å². The van der Waals surface area contributed by atoms with Crippen LogP contribution in [-0.2, 0) is 6.42 Å². The number of hydrogen-bond acceptors (Lipinski definition) is 4. The summed E-state index contributed by atoms with van der Waals surface area (Å²) in [7, 11) is 0. The molecule has 0 amide bonds. The van der Waals surface area contributed by atoms with Crippen LogP contribution in [0, 0.1) is 11.3 Å². The molecule has 1 aromatic heterocycles. The van der Waals surface area contributed by atoms with E-state index in [1.165, 1.54) is 4.88 Å². The summed E-state index contributed by atoms with van der Waals surface area (Å²) in [5, 5.41) is 14.0. The molecule has 0 radical (unpaired) electrons. The normalized spacial score (nSPS) is 11.9. The van der Waals surface area contributed by atoms with Crippen LogP contribution in [0.25, 0.3) is 0 Å². The third kappa shape index (κ3) is 3.25. The Hall–Kier alpha value is -1.57. The van der Waals surface area contributed by atoms with Gasteiger partial charge in [-0.15, -0.1) is 11.3 Å². The van der Waals surface area contributed by atoms with Gasteiger partial charge in [-0.25, -0.2) is 4.98 Å². The lowest BCUT2D eigenvalue weighted by Crippen LogP contribution is -2.07. The summed E-state index contributed by atoms with van der Waals surface area (Å²) < 4.78 is 0. The number of benzene rings is 1. The number of nitrogens with one attached hydrogen (secondary N) is 1. The molecule has 1 atom stereocenters. The molecule has 98 valence electrons. The second-order valence-electron chi connectivity index (χ2n) is 4.19. The molecule has 1 N–H and O–H groups in total. The molecule has 3 nitrogen and oxygen atoms in total. The zero-order valence-corrected chi connectivity index (χ0v) is 12.3. The average molecular weight is 292 g/mol. The van der Waals surface area contributed by atoms with Gasteiger partial charge in [0, 0.05) is 16.1 Å². The van der Waals surface area contributed by atoms with Gasteiger partial charge in [0.2, 0.25) is 0 Å². The Morgan fingerprint density at radius 1 is 1.53 bits per heavy atom. The van der Waals surface area contributed by atoms with Crippen LogP contribution in [0.5, 0.6) is 0 Å². The monoisotopic (exact) mass is 291 g/mol. The van der Waals surface area contributed by atoms with Crippen molar-refractivity contribution in [2.24, 2.45) is 0 Å².